The highest BCUT2D eigenvalue weighted by Gasteiger charge is 2.10. The fourth-order valence-electron chi connectivity index (χ4n) is 1.80. The van der Waals surface area contributed by atoms with Crippen molar-refractivity contribution in [2.45, 2.75) is 26.2 Å². The first-order valence-electron chi connectivity index (χ1n) is 6.08. The van der Waals surface area contributed by atoms with E-state index in [1.54, 1.807) is 11.3 Å². The van der Waals surface area contributed by atoms with Gasteiger partial charge in [-0.05, 0) is 47.1 Å². The van der Waals surface area contributed by atoms with Gasteiger partial charge in [0.2, 0.25) is 0 Å². The maximum absolute atomic E-state index is 12.2. The van der Waals surface area contributed by atoms with Crippen LogP contribution in [-0.2, 0) is 6.42 Å². The van der Waals surface area contributed by atoms with E-state index in [-0.39, 0.29) is 5.78 Å². The summed E-state index contributed by atoms with van der Waals surface area (Å²) in [7, 11) is 0. The normalized spacial score (nSPS) is 10.6. The number of rotatable bonds is 5. The van der Waals surface area contributed by atoms with Gasteiger partial charge in [0, 0.05) is 16.5 Å². The average Bonchev–Trinajstić information content (AvgIpc) is 2.83. The van der Waals surface area contributed by atoms with Crippen molar-refractivity contribution in [1.82, 2.24) is 0 Å². The Morgan fingerprint density at radius 1 is 1.22 bits per heavy atom. The molecule has 0 fully saturated rings. The number of carbonyl (C=O) groups is 1. The minimum atomic E-state index is 0.121. The van der Waals surface area contributed by atoms with Crippen LogP contribution in [0.25, 0.3) is 0 Å². The third-order valence-corrected chi connectivity index (χ3v) is 4.65. The number of halogens is 1. The predicted molar refractivity (Wildman–Crippen MR) is 85.5 cm³/mol. The van der Waals surface area contributed by atoms with Gasteiger partial charge in [-0.2, -0.15) is 0 Å². The van der Waals surface area contributed by atoms with E-state index in [4.69, 9.17) is 0 Å². The van der Waals surface area contributed by atoms with Gasteiger partial charge in [-0.15, -0.1) is 11.3 Å². The summed E-state index contributed by atoms with van der Waals surface area (Å²) < 4.78 is 1.15. The zero-order valence-corrected chi connectivity index (χ0v) is 13.3. The Bertz CT molecular complexity index is 528. The lowest BCUT2D eigenvalue weighted by atomic mass is 10.0. The molecule has 94 valence electrons. The largest absolute Gasteiger partial charge is 0.289 e. The molecule has 0 atom stereocenters. The lowest BCUT2D eigenvalue weighted by molar-refractivity contribution is 0.103. The Hall–Kier alpha value is -0.680. The molecule has 0 amide bonds. The summed E-state index contributed by atoms with van der Waals surface area (Å²) in [6.07, 6.45) is 3.51. The third kappa shape index (κ3) is 3.42. The maximum Gasteiger partial charge on any atom is 0.193 e. The molecule has 2 rings (SSSR count). The molecular formula is C15H15IOS. The summed E-state index contributed by atoms with van der Waals surface area (Å²) in [6.45, 7) is 2.19. The molecule has 2 aromatic rings. The number of ketones is 1. The monoisotopic (exact) mass is 370 g/mol. The van der Waals surface area contributed by atoms with Crippen molar-refractivity contribution >= 4 is 39.7 Å². The van der Waals surface area contributed by atoms with Crippen LogP contribution in [0.5, 0.6) is 0 Å². The van der Waals surface area contributed by atoms with E-state index in [1.807, 2.05) is 23.6 Å². The quantitative estimate of drug-likeness (QED) is 0.539. The number of aryl methyl sites for hydroxylation is 1. The Morgan fingerprint density at radius 3 is 2.50 bits per heavy atom. The van der Waals surface area contributed by atoms with Gasteiger partial charge in [-0.1, -0.05) is 37.6 Å². The smallest absolute Gasteiger partial charge is 0.193 e. The molecule has 0 radical (unpaired) electrons. The Morgan fingerprint density at radius 2 is 1.94 bits per heavy atom. The zero-order chi connectivity index (χ0) is 13.0. The van der Waals surface area contributed by atoms with Crippen LogP contribution in [0.1, 0.15) is 41.3 Å². The molecule has 1 heterocycles. The van der Waals surface area contributed by atoms with Crippen LogP contribution in [0.4, 0.5) is 0 Å². The lowest BCUT2D eigenvalue weighted by Gasteiger charge is -2.02. The SMILES string of the molecule is CCCCc1ccc(C(=O)c2csc(I)c2)cc1. The number of thiophene rings is 1. The summed E-state index contributed by atoms with van der Waals surface area (Å²) in [5.41, 5.74) is 2.89. The molecule has 0 aliphatic carbocycles. The minimum Gasteiger partial charge on any atom is -0.289 e. The van der Waals surface area contributed by atoms with E-state index in [0.717, 1.165) is 20.4 Å². The molecule has 3 heteroatoms. The number of hydrogen-bond donors (Lipinski definition) is 0. The van der Waals surface area contributed by atoms with Gasteiger partial charge in [0.15, 0.2) is 5.78 Å². The highest BCUT2D eigenvalue weighted by Crippen LogP contribution is 2.20. The lowest BCUT2D eigenvalue weighted by Crippen LogP contribution is -1.99. The Labute approximate surface area is 125 Å². The molecule has 0 N–H and O–H groups in total. The van der Waals surface area contributed by atoms with Gasteiger partial charge >= 0.3 is 0 Å². The number of carbonyl (C=O) groups excluding carboxylic acids is 1. The van der Waals surface area contributed by atoms with E-state index in [0.29, 0.717) is 0 Å². The van der Waals surface area contributed by atoms with Crippen molar-refractivity contribution < 1.29 is 4.79 Å². The molecule has 1 aromatic heterocycles. The van der Waals surface area contributed by atoms with Gasteiger partial charge in [0.25, 0.3) is 0 Å². The van der Waals surface area contributed by atoms with Gasteiger partial charge in [-0.25, -0.2) is 0 Å². The maximum atomic E-state index is 12.2. The van der Waals surface area contributed by atoms with Crippen molar-refractivity contribution in [1.29, 1.82) is 0 Å². The molecule has 18 heavy (non-hydrogen) atoms. The van der Waals surface area contributed by atoms with E-state index < -0.39 is 0 Å². The molecule has 0 spiro atoms. The minimum absolute atomic E-state index is 0.121. The Balaban J connectivity index is 2.12. The standard InChI is InChI=1S/C15H15IOS/c1-2-3-4-11-5-7-12(8-6-11)15(17)13-9-14(16)18-10-13/h5-10H,2-4H2,1H3. The fraction of sp³-hybridized carbons (Fsp3) is 0.267. The van der Waals surface area contributed by atoms with E-state index in [9.17, 15) is 4.79 Å². The van der Waals surface area contributed by atoms with Crippen LogP contribution in [0, 0.1) is 2.88 Å². The molecule has 0 unspecified atom stereocenters. The van der Waals surface area contributed by atoms with Crippen LogP contribution >= 0.6 is 33.9 Å². The number of benzene rings is 1. The summed E-state index contributed by atoms with van der Waals surface area (Å²) in [5.74, 6) is 0.121. The van der Waals surface area contributed by atoms with Gasteiger partial charge in [-0.3, -0.25) is 4.79 Å². The highest BCUT2D eigenvalue weighted by molar-refractivity contribution is 14.1. The van der Waals surface area contributed by atoms with Crippen molar-refractivity contribution in [2.75, 3.05) is 0 Å². The predicted octanol–water partition coefficient (Wildman–Crippen LogP) is 4.93. The number of hydrogen-bond acceptors (Lipinski definition) is 2. The van der Waals surface area contributed by atoms with Gasteiger partial charge < -0.3 is 0 Å². The van der Waals surface area contributed by atoms with Crippen LogP contribution in [0.2, 0.25) is 0 Å². The molecule has 0 saturated heterocycles. The van der Waals surface area contributed by atoms with Crippen molar-refractivity contribution in [3.63, 3.8) is 0 Å². The highest BCUT2D eigenvalue weighted by atomic mass is 127. The second-order valence-electron chi connectivity index (χ2n) is 4.27. The fourth-order valence-corrected chi connectivity index (χ4v) is 3.13. The van der Waals surface area contributed by atoms with Crippen molar-refractivity contribution in [3.8, 4) is 0 Å². The zero-order valence-electron chi connectivity index (χ0n) is 10.3. The van der Waals surface area contributed by atoms with Crippen LogP contribution in [0.15, 0.2) is 35.7 Å². The Kier molecular flexibility index (Phi) is 4.95. The first kappa shape index (κ1) is 13.7. The first-order chi connectivity index (χ1) is 8.70. The van der Waals surface area contributed by atoms with E-state index in [2.05, 4.69) is 41.6 Å². The average molecular weight is 370 g/mol. The molecule has 0 aliphatic heterocycles. The molecule has 0 bridgehead atoms. The van der Waals surface area contributed by atoms with Crippen LogP contribution < -0.4 is 0 Å². The molecule has 1 nitrogen and oxygen atoms in total. The van der Waals surface area contributed by atoms with E-state index in [1.165, 1.54) is 18.4 Å². The van der Waals surface area contributed by atoms with Crippen LogP contribution in [0.3, 0.4) is 0 Å². The topological polar surface area (TPSA) is 17.1 Å². The van der Waals surface area contributed by atoms with Crippen molar-refractivity contribution in [3.05, 3.63) is 55.3 Å². The summed E-state index contributed by atoms with van der Waals surface area (Å²) in [5, 5.41) is 1.93. The van der Waals surface area contributed by atoms with E-state index >= 15 is 0 Å². The number of unbranched alkanes of at least 4 members (excludes halogenated alkanes) is 1. The summed E-state index contributed by atoms with van der Waals surface area (Å²) in [6, 6.07) is 9.97. The van der Waals surface area contributed by atoms with Crippen LogP contribution in [-0.4, -0.2) is 5.78 Å². The summed E-state index contributed by atoms with van der Waals surface area (Å²) in [4.78, 5) is 12.2. The first-order valence-corrected chi connectivity index (χ1v) is 8.04. The molecule has 0 aliphatic rings. The molecule has 0 saturated carbocycles. The second-order valence-corrected chi connectivity index (χ2v) is 7.07. The molecular weight excluding hydrogens is 355 g/mol. The van der Waals surface area contributed by atoms with Gasteiger partial charge in [0.05, 0.1) is 2.88 Å². The summed E-state index contributed by atoms with van der Waals surface area (Å²) >= 11 is 3.85. The van der Waals surface area contributed by atoms with Gasteiger partial charge in [0.1, 0.15) is 0 Å². The van der Waals surface area contributed by atoms with Crippen molar-refractivity contribution in [2.24, 2.45) is 0 Å². The second kappa shape index (κ2) is 6.48. The molecule has 1 aromatic carbocycles. The third-order valence-electron chi connectivity index (χ3n) is 2.86.